The number of hydrogen-bond donors (Lipinski definition) is 1. The van der Waals surface area contributed by atoms with Gasteiger partial charge in [0.05, 0.1) is 24.5 Å². The molecule has 0 bridgehead atoms. The first-order valence-electron chi connectivity index (χ1n) is 5.22. The topological polar surface area (TPSA) is 64.1 Å². The molecule has 19 heavy (non-hydrogen) atoms. The lowest BCUT2D eigenvalue weighted by molar-refractivity contribution is 0.0593. The third-order valence-corrected chi connectivity index (χ3v) is 3.44. The molecule has 0 radical (unpaired) electrons. The predicted octanol–water partition coefficient (Wildman–Crippen LogP) is 3.42. The largest absolute Gasteiger partial charge is 0.464 e. The molecule has 0 aliphatic carbocycles. The summed E-state index contributed by atoms with van der Waals surface area (Å²) in [5.41, 5.74) is 0.910. The zero-order valence-electron chi connectivity index (χ0n) is 9.85. The summed E-state index contributed by atoms with van der Waals surface area (Å²) in [5, 5.41) is 3.63. The van der Waals surface area contributed by atoms with E-state index in [9.17, 15) is 4.79 Å². The fourth-order valence-electron chi connectivity index (χ4n) is 1.35. The second-order valence-corrected chi connectivity index (χ2v) is 4.80. The number of halogens is 2. The van der Waals surface area contributed by atoms with Crippen LogP contribution >= 0.6 is 27.5 Å². The van der Waals surface area contributed by atoms with Crippen LogP contribution in [0.1, 0.15) is 10.5 Å². The summed E-state index contributed by atoms with van der Waals surface area (Å²) in [6, 6.07) is 5.33. The van der Waals surface area contributed by atoms with Crippen LogP contribution in [-0.2, 0) is 4.74 Å². The molecule has 1 aromatic carbocycles. The summed E-state index contributed by atoms with van der Waals surface area (Å²) in [4.78, 5) is 19.4. The van der Waals surface area contributed by atoms with Crippen molar-refractivity contribution in [3.8, 4) is 0 Å². The van der Waals surface area contributed by atoms with Gasteiger partial charge in [-0.3, -0.25) is 4.98 Å². The average Bonchev–Trinajstić information content (AvgIpc) is 2.42. The summed E-state index contributed by atoms with van der Waals surface area (Å²) < 4.78 is 5.34. The lowest BCUT2D eigenvalue weighted by atomic mass is 10.3. The maximum Gasteiger partial charge on any atom is 0.358 e. The minimum atomic E-state index is -0.534. The average molecular weight is 343 g/mol. The maximum absolute atomic E-state index is 11.3. The molecule has 1 N–H and O–H groups in total. The normalized spacial score (nSPS) is 10.1. The van der Waals surface area contributed by atoms with Crippen LogP contribution in [0.4, 0.5) is 11.5 Å². The van der Waals surface area contributed by atoms with E-state index in [2.05, 4.69) is 36.0 Å². The Morgan fingerprint density at radius 3 is 2.89 bits per heavy atom. The minimum Gasteiger partial charge on any atom is -0.464 e. The second-order valence-electron chi connectivity index (χ2n) is 3.54. The van der Waals surface area contributed by atoms with Gasteiger partial charge < -0.3 is 10.1 Å². The van der Waals surface area contributed by atoms with Crippen molar-refractivity contribution in [3.05, 3.63) is 45.8 Å². The number of benzene rings is 1. The number of rotatable bonds is 3. The summed E-state index contributed by atoms with van der Waals surface area (Å²) in [6.45, 7) is 0. The van der Waals surface area contributed by atoms with Crippen LogP contribution in [0.3, 0.4) is 0 Å². The van der Waals surface area contributed by atoms with Crippen LogP contribution in [0.15, 0.2) is 35.1 Å². The molecule has 2 rings (SSSR count). The molecule has 0 aliphatic rings. The first-order valence-corrected chi connectivity index (χ1v) is 6.39. The van der Waals surface area contributed by atoms with Crippen LogP contribution in [0.5, 0.6) is 0 Å². The fraction of sp³-hybridized carbons (Fsp3) is 0.0833. The van der Waals surface area contributed by atoms with E-state index in [4.69, 9.17) is 11.6 Å². The van der Waals surface area contributed by atoms with Crippen LogP contribution in [0.2, 0.25) is 5.02 Å². The van der Waals surface area contributed by atoms with E-state index in [1.165, 1.54) is 19.5 Å². The van der Waals surface area contributed by atoms with E-state index in [0.29, 0.717) is 10.8 Å². The van der Waals surface area contributed by atoms with Gasteiger partial charge in [-0.1, -0.05) is 11.6 Å². The van der Waals surface area contributed by atoms with Gasteiger partial charge in [-0.05, 0) is 34.1 Å². The number of carbonyl (C=O) groups excluding carboxylic acids is 1. The number of aromatic nitrogens is 2. The molecule has 0 saturated carbocycles. The van der Waals surface area contributed by atoms with Gasteiger partial charge in [0.15, 0.2) is 5.69 Å². The molecule has 0 fully saturated rings. The van der Waals surface area contributed by atoms with E-state index in [-0.39, 0.29) is 5.69 Å². The molecule has 0 unspecified atom stereocenters. The monoisotopic (exact) mass is 341 g/mol. The number of methoxy groups -OCH3 is 1. The standard InChI is InChI=1S/C12H9BrClN3O2/c1-19-12(18)10-5-15-6-11(17-10)16-7-2-3-9(14)8(13)4-7/h2-6H,1H3,(H,16,17). The molecule has 5 nitrogen and oxygen atoms in total. The Kier molecular flexibility index (Phi) is 4.34. The Balaban J connectivity index is 2.23. The van der Waals surface area contributed by atoms with Crippen molar-refractivity contribution in [3.63, 3.8) is 0 Å². The number of nitrogens with one attached hydrogen (secondary N) is 1. The lowest BCUT2D eigenvalue weighted by Crippen LogP contribution is -2.06. The molecule has 0 amide bonds. The zero-order chi connectivity index (χ0) is 13.8. The smallest absolute Gasteiger partial charge is 0.358 e. The number of nitrogens with zero attached hydrogens (tertiary/aromatic N) is 2. The second kappa shape index (κ2) is 5.99. The zero-order valence-corrected chi connectivity index (χ0v) is 12.2. The number of ether oxygens (including phenoxy) is 1. The number of hydrogen-bond acceptors (Lipinski definition) is 5. The third-order valence-electron chi connectivity index (χ3n) is 2.22. The Morgan fingerprint density at radius 1 is 1.42 bits per heavy atom. The van der Waals surface area contributed by atoms with E-state index < -0.39 is 5.97 Å². The van der Waals surface area contributed by atoms with Crippen molar-refractivity contribution >= 4 is 45.0 Å². The maximum atomic E-state index is 11.3. The van der Waals surface area contributed by atoms with Crippen LogP contribution in [0.25, 0.3) is 0 Å². The SMILES string of the molecule is COC(=O)c1cncc(Nc2ccc(Cl)c(Br)c2)n1. The molecular weight excluding hydrogens is 334 g/mol. The Labute approximate surface area is 123 Å². The lowest BCUT2D eigenvalue weighted by Gasteiger charge is -2.07. The van der Waals surface area contributed by atoms with E-state index in [1.807, 2.05) is 0 Å². The van der Waals surface area contributed by atoms with Crippen LogP contribution in [0, 0.1) is 0 Å². The minimum absolute atomic E-state index is 0.139. The number of esters is 1. The molecule has 7 heteroatoms. The van der Waals surface area contributed by atoms with Crippen molar-refractivity contribution in [2.75, 3.05) is 12.4 Å². The molecule has 98 valence electrons. The Morgan fingerprint density at radius 2 is 2.21 bits per heavy atom. The molecule has 0 atom stereocenters. The summed E-state index contributed by atoms with van der Waals surface area (Å²) in [5.74, 6) is -0.0921. The van der Waals surface area contributed by atoms with Gasteiger partial charge in [0, 0.05) is 10.2 Å². The first kappa shape index (κ1) is 13.8. The number of carbonyl (C=O) groups is 1. The van der Waals surface area contributed by atoms with Crippen molar-refractivity contribution < 1.29 is 9.53 Å². The van der Waals surface area contributed by atoms with E-state index in [0.717, 1.165) is 10.2 Å². The fourth-order valence-corrected chi connectivity index (χ4v) is 1.85. The van der Waals surface area contributed by atoms with Gasteiger partial charge in [0.1, 0.15) is 5.82 Å². The van der Waals surface area contributed by atoms with Gasteiger partial charge in [-0.15, -0.1) is 0 Å². The van der Waals surface area contributed by atoms with Crippen molar-refractivity contribution in [1.82, 2.24) is 9.97 Å². The van der Waals surface area contributed by atoms with Crippen LogP contribution in [-0.4, -0.2) is 23.0 Å². The highest BCUT2D eigenvalue weighted by Crippen LogP contribution is 2.26. The summed E-state index contributed by atoms with van der Waals surface area (Å²) >= 11 is 9.23. The summed E-state index contributed by atoms with van der Waals surface area (Å²) in [7, 11) is 1.29. The first-order chi connectivity index (χ1) is 9.10. The summed E-state index contributed by atoms with van der Waals surface area (Å²) in [6.07, 6.45) is 2.85. The van der Waals surface area contributed by atoms with Gasteiger partial charge in [0.25, 0.3) is 0 Å². The third kappa shape index (κ3) is 3.42. The van der Waals surface area contributed by atoms with Crippen molar-refractivity contribution in [2.45, 2.75) is 0 Å². The van der Waals surface area contributed by atoms with Gasteiger partial charge in [-0.2, -0.15) is 0 Å². The predicted molar refractivity (Wildman–Crippen MR) is 75.8 cm³/mol. The molecule has 0 spiro atoms. The van der Waals surface area contributed by atoms with E-state index >= 15 is 0 Å². The number of anilines is 2. The van der Waals surface area contributed by atoms with Crippen molar-refractivity contribution in [2.24, 2.45) is 0 Å². The van der Waals surface area contributed by atoms with Gasteiger partial charge in [0.2, 0.25) is 0 Å². The molecule has 0 aliphatic heterocycles. The van der Waals surface area contributed by atoms with Crippen molar-refractivity contribution in [1.29, 1.82) is 0 Å². The Bertz CT molecular complexity index is 622. The van der Waals surface area contributed by atoms with Gasteiger partial charge >= 0.3 is 5.97 Å². The molecule has 1 aromatic heterocycles. The highest BCUT2D eigenvalue weighted by atomic mass is 79.9. The van der Waals surface area contributed by atoms with E-state index in [1.54, 1.807) is 18.2 Å². The molecular formula is C12H9BrClN3O2. The molecule has 2 aromatic rings. The Hall–Kier alpha value is -1.66. The highest BCUT2D eigenvalue weighted by Gasteiger charge is 2.08. The molecule has 1 heterocycles. The van der Waals surface area contributed by atoms with Gasteiger partial charge in [-0.25, -0.2) is 9.78 Å². The van der Waals surface area contributed by atoms with Crippen LogP contribution < -0.4 is 5.32 Å². The highest BCUT2D eigenvalue weighted by molar-refractivity contribution is 9.10. The quantitative estimate of drug-likeness (QED) is 0.866. The molecule has 0 saturated heterocycles.